The lowest BCUT2D eigenvalue weighted by molar-refractivity contribution is -0.000850. The molecule has 0 aromatic carbocycles. The van der Waals surface area contributed by atoms with E-state index in [9.17, 15) is 9.90 Å². The quantitative estimate of drug-likeness (QED) is 0.604. The van der Waals surface area contributed by atoms with Crippen molar-refractivity contribution in [2.45, 2.75) is 39.8 Å². The number of piperazine rings is 1. The molecule has 1 aliphatic heterocycles. The van der Waals surface area contributed by atoms with Crippen molar-refractivity contribution in [1.82, 2.24) is 19.7 Å². The predicted octanol–water partition coefficient (Wildman–Crippen LogP) is 1.31. The summed E-state index contributed by atoms with van der Waals surface area (Å²) in [6.45, 7) is 12.8. The van der Waals surface area contributed by atoms with Gasteiger partial charge in [0.05, 0.1) is 19.3 Å². The van der Waals surface area contributed by atoms with Crippen LogP contribution < -0.4 is 0 Å². The van der Waals surface area contributed by atoms with Crippen LogP contribution in [0.15, 0.2) is 10.7 Å². The van der Waals surface area contributed by atoms with E-state index in [2.05, 4.69) is 28.6 Å². The lowest BCUT2D eigenvalue weighted by Gasteiger charge is -2.34. The summed E-state index contributed by atoms with van der Waals surface area (Å²) in [6.07, 6.45) is 1.91. The second-order valence-electron chi connectivity index (χ2n) is 8.02. The van der Waals surface area contributed by atoms with Crippen LogP contribution in [0.4, 0.5) is 0 Å². The highest BCUT2D eigenvalue weighted by Crippen LogP contribution is 2.11. The van der Waals surface area contributed by atoms with Crippen LogP contribution in [0.25, 0.3) is 0 Å². The Balaban J connectivity index is 1.70. The first kappa shape index (κ1) is 22.8. The first-order chi connectivity index (χ1) is 13.4. The molecular formula is C20H36N4O4. The molecule has 2 rings (SSSR count). The van der Waals surface area contributed by atoms with Gasteiger partial charge >= 0.3 is 0 Å². The maximum atomic E-state index is 12.2. The molecule has 0 radical (unpaired) electrons. The molecule has 1 amide bonds. The second-order valence-corrected chi connectivity index (χ2v) is 8.02. The van der Waals surface area contributed by atoms with Crippen molar-refractivity contribution in [1.29, 1.82) is 0 Å². The third-order valence-corrected chi connectivity index (χ3v) is 4.73. The minimum absolute atomic E-state index is 0.102. The van der Waals surface area contributed by atoms with Gasteiger partial charge in [-0.25, -0.2) is 4.98 Å². The van der Waals surface area contributed by atoms with Gasteiger partial charge in [-0.1, -0.05) is 20.8 Å². The zero-order valence-corrected chi connectivity index (χ0v) is 17.8. The van der Waals surface area contributed by atoms with Gasteiger partial charge < -0.3 is 19.2 Å². The number of rotatable bonds is 11. The molecule has 1 saturated heterocycles. The molecular weight excluding hydrogens is 360 g/mol. The predicted molar refractivity (Wildman–Crippen MR) is 107 cm³/mol. The number of hydrogen-bond donors (Lipinski definition) is 1. The summed E-state index contributed by atoms with van der Waals surface area (Å²) in [4.78, 5) is 22.8. The van der Waals surface area contributed by atoms with Crippen molar-refractivity contribution >= 4 is 5.91 Å². The molecule has 28 heavy (non-hydrogen) atoms. The standard InChI is InChI=1S/C20H36N4O4/c1-5-6-22(4)20(26)18-15-28-19(21-18)12-24-9-7-23(8-10-24)11-17(25)14-27-13-16(2)3/h15-17,25H,5-14H2,1-4H3. The fourth-order valence-electron chi connectivity index (χ4n) is 3.23. The Bertz CT molecular complexity index is 585. The molecule has 1 N–H and O–H groups in total. The topological polar surface area (TPSA) is 82.3 Å². The third-order valence-electron chi connectivity index (χ3n) is 4.73. The van der Waals surface area contributed by atoms with E-state index < -0.39 is 6.10 Å². The monoisotopic (exact) mass is 396 g/mol. The van der Waals surface area contributed by atoms with E-state index in [0.717, 1.165) is 32.6 Å². The Labute approximate surface area is 168 Å². The molecule has 0 aliphatic carbocycles. The number of oxazole rings is 1. The fourth-order valence-corrected chi connectivity index (χ4v) is 3.23. The first-order valence-corrected chi connectivity index (χ1v) is 10.3. The van der Waals surface area contributed by atoms with Crippen molar-refractivity contribution in [3.8, 4) is 0 Å². The molecule has 1 fully saturated rings. The van der Waals surface area contributed by atoms with Crippen molar-refractivity contribution in [2.75, 3.05) is 59.5 Å². The summed E-state index contributed by atoms with van der Waals surface area (Å²) >= 11 is 0. The Morgan fingerprint density at radius 2 is 1.96 bits per heavy atom. The molecule has 1 atom stereocenters. The minimum Gasteiger partial charge on any atom is -0.447 e. The average molecular weight is 397 g/mol. The molecule has 0 spiro atoms. The van der Waals surface area contributed by atoms with E-state index >= 15 is 0 Å². The average Bonchev–Trinajstić information content (AvgIpc) is 3.11. The van der Waals surface area contributed by atoms with E-state index in [-0.39, 0.29) is 5.91 Å². The van der Waals surface area contributed by atoms with Gasteiger partial charge in [-0.2, -0.15) is 0 Å². The Morgan fingerprint density at radius 3 is 2.61 bits per heavy atom. The van der Waals surface area contributed by atoms with Crippen LogP contribution >= 0.6 is 0 Å². The van der Waals surface area contributed by atoms with Gasteiger partial charge in [0.25, 0.3) is 5.91 Å². The van der Waals surface area contributed by atoms with Crippen LogP contribution in [0.3, 0.4) is 0 Å². The number of amides is 1. The molecule has 1 aromatic heterocycles. The summed E-state index contributed by atoms with van der Waals surface area (Å²) in [5.74, 6) is 0.952. The Hall–Kier alpha value is -1.48. The van der Waals surface area contributed by atoms with Gasteiger partial charge in [0.2, 0.25) is 5.89 Å². The summed E-state index contributed by atoms with van der Waals surface area (Å²) in [7, 11) is 1.78. The van der Waals surface area contributed by atoms with Crippen molar-refractivity contribution < 1.29 is 19.1 Å². The molecule has 0 saturated carbocycles. The van der Waals surface area contributed by atoms with Gasteiger partial charge in [0, 0.05) is 52.9 Å². The molecule has 8 nitrogen and oxygen atoms in total. The number of ether oxygens (including phenoxy) is 1. The largest absolute Gasteiger partial charge is 0.447 e. The first-order valence-electron chi connectivity index (χ1n) is 10.3. The van der Waals surface area contributed by atoms with Crippen LogP contribution in [0.5, 0.6) is 0 Å². The van der Waals surface area contributed by atoms with E-state index in [1.807, 2.05) is 6.92 Å². The number of β-amino-alcohol motifs (C(OH)–C–C–N with tert-alkyl or cyclic N) is 1. The van der Waals surface area contributed by atoms with E-state index in [1.54, 1.807) is 11.9 Å². The second kappa shape index (κ2) is 11.5. The highest BCUT2D eigenvalue weighted by molar-refractivity contribution is 5.91. The number of aromatic nitrogens is 1. The molecule has 0 bridgehead atoms. The smallest absolute Gasteiger partial charge is 0.275 e. The molecule has 2 heterocycles. The van der Waals surface area contributed by atoms with Crippen LogP contribution in [0.2, 0.25) is 0 Å². The van der Waals surface area contributed by atoms with Crippen molar-refractivity contribution in [2.24, 2.45) is 5.92 Å². The van der Waals surface area contributed by atoms with Crippen molar-refractivity contribution in [3.05, 3.63) is 17.8 Å². The molecule has 1 aromatic rings. The number of carbonyl (C=O) groups is 1. The van der Waals surface area contributed by atoms with Gasteiger partial charge in [-0.15, -0.1) is 0 Å². The molecule has 8 heteroatoms. The SMILES string of the molecule is CCCN(C)C(=O)c1coc(CN2CCN(CC(O)COCC(C)C)CC2)n1. The summed E-state index contributed by atoms with van der Waals surface area (Å²) < 4.78 is 11.0. The third kappa shape index (κ3) is 7.50. The van der Waals surface area contributed by atoms with E-state index in [0.29, 0.717) is 50.4 Å². The summed E-state index contributed by atoms with van der Waals surface area (Å²) in [6, 6.07) is 0. The van der Waals surface area contributed by atoms with Crippen molar-refractivity contribution in [3.63, 3.8) is 0 Å². The van der Waals surface area contributed by atoms with E-state index in [4.69, 9.17) is 9.15 Å². The lowest BCUT2D eigenvalue weighted by atomic mass is 10.2. The fraction of sp³-hybridized carbons (Fsp3) is 0.800. The number of aliphatic hydroxyl groups is 1. The van der Waals surface area contributed by atoms with Gasteiger partial charge in [-0.05, 0) is 12.3 Å². The molecule has 1 aliphatic rings. The van der Waals surface area contributed by atoms with Gasteiger partial charge in [0.15, 0.2) is 5.69 Å². The zero-order valence-electron chi connectivity index (χ0n) is 17.8. The normalized spacial score (nSPS) is 17.2. The van der Waals surface area contributed by atoms with Crippen LogP contribution in [0, 0.1) is 5.92 Å². The maximum Gasteiger partial charge on any atom is 0.275 e. The maximum absolute atomic E-state index is 12.2. The zero-order chi connectivity index (χ0) is 20.5. The molecule has 160 valence electrons. The van der Waals surface area contributed by atoms with Crippen LogP contribution in [-0.4, -0.2) is 96.3 Å². The lowest BCUT2D eigenvalue weighted by Crippen LogP contribution is -2.48. The number of aliphatic hydroxyl groups excluding tert-OH is 1. The summed E-state index contributed by atoms with van der Waals surface area (Å²) in [5, 5.41) is 10.1. The highest BCUT2D eigenvalue weighted by Gasteiger charge is 2.22. The number of nitrogens with zero attached hydrogens (tertiary/aromatic N) is 4. The Morgan fingerprint density at radius 1 is 1.29 bits per heavy atom. The van der Waals surface area contributed by atoms with Crippen LogP contribution in [-0.2, 0) is 11.3 Å². The number of hydrogen-bond acceptors (Lipinski definition) is 7. The minimum atomic E-state index is -0.453. The number of carbonyl (C=O) groups excluding carboxylic acids is 1. The highest BCUT2D eigenvalue weighted by atomic mass is 16.5. The summed E-state index contributed by atoms with van der Waals surface area (Å²) in [5.41, 5.74) is 0.370. The Kier molecular flexibility index (Phi) is 9.37. The van der Waals surface area contributed by atoms with Gasteiger partial charge in [0.1, 0.15) is 6.26 Å². The molecule has 1 unspecified atom stereocenters. The van der Waals surface area contributed by atoms with E-state index in [1.165, 1.54) is 6.26 Å². The van der Waals surface area contributed by atoms with Gasteiger partial charge in [-0.3, -0.25) is 14.6 Å². The van der Waals surface area contributed by atoms with Crippen LogP contribution in [0.1, 0.15) is 43.6 Å².